The van der Waals surface area contributed by atoms with Gasteiger partial charge in [0.25, 0.3) is 5.91 Å². The summed E-state index contributed by atoms with van der Waals surface area (Å²) in [6.45, 7) is 1.46. The minimum Gasteiger partial charge on any atom is -0.496 e. The van der Waals surface area contributed by atoms with Crippen LogP contribution in [0.4, 0.5) is 0 Å². The maximum Gasteiger partial charge on any atom is 0.339 e. The number of sulfone groups is 1. The summed E-state index contributed by atoms with van der Waals surface area (Å²) in [5, 5.41) is 4.06. The molecule has 2 atom stereocenters. The molecule has 0 radical (unpaired) electrons. The normalized spacial score (nSPS) is 19.4. The first-order valence-electron chi connectivity index (χ1n) is 8.58. The van der Waals surface area contributed by atoms with E-state index in [2.05, 4.69) is 5.32 Å². The molecule has 3 rings (SSSR count). The third-order valence-electron chi connectivity index (χ3n) is 4.56. The Labute approximate surface area is 157 Å². The zero-order chi connectivity index (χ0) is 19.6. The lowest BCUT2D eigenvalue weighted by Crippen LogP contribution is -2.42. The van der Waals surface area contributed by atoms with Crippen LogP contribution in [-0.4, -0.2) is 51.1 Å². The zero-order valence-corrected chi connectivity index (χ0v) is 15.9. The molecule has 1 fully saturated rings. The van der Waals surface area contributed by atoms with Gasteiger partial charge in [-0.15, -0.1) is 0 Å². The molecule has 0 aliphatic carbocycles. The van der Waals surface area contributed by atoms with Gasteiger partial charge in [0.15, 0.2) is 15.9 Å². The Morgan fingerprint density at radius 3 is 2.48 bits per heavy atom. The summed E-state index contributed by atoms with van der Waals surface area (Å²) in [5.41, 5.74) is 0.328. The van der Waals surface area contributed by atoms with Crippen LogP contribution in [0.2, 0.25) is 0 Å². The summed E-state index contributed by atoms with van der Waals surface area (Å²) in [6, 6.07) is 10.1. The summed E-state index contributed by atoms with van der Waals surface area (Å²) >= 11 is 0. The Morgan fingerprint density at radius 2 is 1.85 bits per heavy atom. The van der Waals surface area contributed by atoms with Gasteiger partial charge in [0.1, 0.15) is 5.75 Å². The molecular formula is C19H21NO6S. The van der Waals surface area contributed by atoms with Crippen LogP contribution in [0.25, 0.3) is 10.8 Å². The van der Waals surface area contributed by atoms with E-state index in [1.54, 1.807) is 31.4 Å². The van der Waals surface area contributed by atoms with Crippen molar-refractivity contribution in [3.05, 3.63) is 42.0 Å². The average molecular weight is 391 g/mol. The van der Waals surface area contributed by atoms with E-state index >= 15 is 0 Å². The topological polar surface area (TPSA) is 98.8 Å². The number of ether oxygens (including phenoxy) is 2. The van der Waals surface area contributed by atoms with Crippen molar-refractivity contribution in [1.29, 1.82) is 0 Å². The van der Waals surface area contributed by atoms with Crippen molar-refractivity contribution in [2.75, 3.05) is 18.6 Å². The molecule has 1 heterocycles. The van der Waals surface area contributed by atoms with Crippen molar-refractivity contribution in [3.63, 3.8) is 0 Å². The number of hydrogen-bond acceptors (Lipinski definition) is 6. The van der Waals surface area contributed by atoms with Gasteiger partial charge in [0.05, 0.1) is 24.2 Å². The van der Waals surface area contributed by atoms with Crippen LogP contribution in [0, 0.1) is 0 Å². The number of esters is 1. The van der Waals surface area contributed by atoms with E-state index in [0.29, 0.717) is 23.1 Å². The van der Waals surface area contributed by atoms with Crippen molar-refractivity contribution in [2.24, 2.45) is 0 Å². The predicted octanol–water partition coefficient (Wildman–Crippen LogP) is 1.70. The second-order valence-corrected chi connectivity index (χ2v) is 8.75. The number of hydrogen-bond donors (Lipinski definition) is 1. The number of amides is 1. The highest BCUT2D eigenvalue weighted by Crippen LogP contribution is 2.28. The molecule has 1 N–H and O–H groups in total. The highest BCUT2D eigenvalue weighted by Gasteiger charge is 2.31. The van der Waals surface area contributed by atoms with Gasteiger partial charge in [-0.1, -0.05) is 24.3 Å². The van der Waals surface area contributed by atoms with Gasteiger partial charge in [0, 0.05) is 11.4 Å². The van der Waals surface area contributed by atoms with Crippen molar-refractivity contribution < 1.29 is 27.5 Å². The first kappa shape index (κ1) is 19.2. The molecule has 2 aromatic carbocycles. The van der Waals surface area contributed by atoms with E-state index in [9.17, 15) is 18.0 Å². The van der Waals surface area contributed by atoms with Gasteiger partial charge >= 0.3 is 5.97 Å². The molecule has 0 spiro atoms. The van der Waals surface area contributed by atoms with Gasteiger partial charge < -0.3 is 14.8 Å². The average Bonchev–Trinajstić information content (AvgIpc) is 2.98. The van der Waals surface area contributed by atoms with Crippen LogP contribution in [-0.2, 0) is 19.4 Å². The van der Waals surface area contributed by atoms with E-state index in [4.69, 9.17) is 9.47 Å². The van der Waals surface area contributed by atoms with Gasteiger partial charge in [0.2, 0.25) is 0 Å². The second kappa shape index (κ2) is 7.56. The minimum atomic E-state index is -3.10. The molecule has 2 aromatic rings. The third-order valence-corrected chi connectivity index (χ3v) is 6.32. The highest BCUT2D eigenvalue weighted by atomic mass is 32.2. The van der Waals surface area contributed by atoms with Crippen LogP contribution < -0.4 is 10.1 Å². The van der Waals surface area contributed by atoms with Crippen LogP contribution >= 0.6 is 0 Å². The lowest BCUT2D eigenvalue weighted by molar-refractivity contribution is -0.129. The number of methoxy groups -OCH3 is 1. The maximum atomic E-state index is 12.6. The molecule has 0 bridgehead atoms. The van der Waals surface area contributed by atoms with E-state index in [1.165, 1.54) is 6.92 Å². The largest absolute Gasteiger partial charge is 0.496 e. The first-order chi connectivity index (χ1) is 12.8. The molecule has 0 unspecified atom stereocenters. The first-order valence-corrected chi connectivity index (χ1v) is 10.4. The third kappa shape index (κ3) is 4.21. The number of carbonyl (C=O) groups excluding carboxylic acids is 2. The number of fused-ring (bicyclic) bond motifs is 1. The Kier molecular flexibility index (Phi) is 5.36. The van der Waals surface area contributed by atoms with Crippen LogP contribution in [0.1, 0.15) is 23.7 Å². The Balaban J connectivity index is 1.72. The molecule has 1 amide bonds. The summed E-state index contributed by atoms with van der Waals surface area (Å²) < 4.78 is 33.6. The molecule has 8 heteroatoms. The summed E-state index contributed by atoms with van der Waals surface area (Å²) in [7, 11) is -1.55. The molecule has 27 heavy (non-hydrogen) atoms. The van der Waals surface area contributed by atoms with E-state index in [1.807, 2.05) is 12.1 Å². The molecule has 0 aromatic heterocycles. The molecule has 1 aliphatic rings. The Morgan fingerprint density at radius 1 is 1.15 bits per heavy atom. The van der Waals surface area contributed by atoms with Gasteiger partial charge in [-0.3, -0.25) is 4.79 Å². The zero-order valence-electron chi connectivity index (χ0n) is 15.1. The fraction of sp³-hybridized carbons (Fsp3) is 0.368. The maximum absolute atomic E-state index is 12.6. The SMILES string of the molecule is COc1ccc(C(=O)O[C@@H](C)C(=O)N[C@H]2CCS(=O)(=O)C2)c2ccccc12. The number of nitrogens with one attached hydrogen (secondary N) is 1. The standard InChI is InChI=1S/C19H21NO6S/c1-12(18(21)20-13-9-10-27(23,24)11-13)26-19(22)16-7-8-17(25-2)15-6-4-3-5-14(15)16/h3-8,12-13H,9-11H2,1-2H3,(H,20,21)/t12-,13-/m0/s1. The van der Waals surface area contributed by atoms with Crippen LogP contribution in [0.3, 0.4) is 0 Å². The number of benzene rings is 2. The quantitative estimate of drug-likeness (QED) is 0.779. The minimum absolute atomic E-state index is 0.0595. The monoisotopic (exact) mass is 391 g/mol. The number of rotatable bonds is 5. The second-order valence-electron chi connectivity index (χ2n) is 6.52. The van der Waals surface area contributed by atoms with Crippen molar-refractivity contribution in [3.8, 4) is 5.75 Å². The molecule has 144 valence electrons. The van der Waals surface area contributed by atoms with Crippen molar-refractivity contribution >= 4 is 32.5 Å². The molecule has 1 aliphatic heterocycles. The summed E-state index contributed by atoms with van der Waals surface area (Å²) in [4.78, 5) is 24.8. The van der Waals surface area contributed by atoms with Crippen molar-refractivity contribution in [1.82, 2.24) is 5.32 Å². The van der Waals surface area contributed by atoms with Crippen LogP contribution in [0.5, 0.6) is 5.75 Å². The van der Waals surface area contributed by atoms with E-state index in [-0.39, 0.29) is 11.5 Å². The molecular weight excluding hydrogens is 370 g/mol. The smallest absolute Gasteiger partial charge is 0.339 e. The Hall–Kier alpha value is -2.61. The lowest BCUT2D eigenvalue weighted by Gasteiger charge is -2.17. The van der Waals surface area contributed by atoms with Gasteiger partial charge in [-0.05, 0) is 30.9 Å². The lowest BCUT2D eigenvalue weighted by atomic mass is 10.0. The highest BCUT2D eigenvalue weighted by molar-refractivity contribution is 7.91. The van der Waals surface area contributed by atoms with Gasteiger partial charge in [-0.2, -0.15) is 0 Å². The molecule has 0 saturated carbocycles. The summed E-state index contributed by atoms with van der Waals surface area (Å²) in [6.07, 6.45) is -0.667. The van der Waals surface area contributed by atoms with E-state index in [0.717, 1.165) is 5.39 Å². The van der Waals surface area contributed by atoms with Crippen LogP contribution in [0.15, 0.2) is 36.4 Å². The van der Waals surface area contributed by atoms with Crippen molar-refractivity contribution in [2.45, 2.75) is 25.5 Å². The summed E-state index contributed by atoms with van der Waals surface area (Å²) in [5.74, 6) is -0.527. The predicted molar refractivity (Wildman–Crippen MR) is 101 cm³/mol. The van der Waals surface area contributed by atoms with E-state index < -0.39 is 33.9 Å². The molecule has 1 saturated heterocycles. The number of carbonyl (C=O) groups is 2. The fourth-order valence-corrected chi connectivity index (χ4v) is 4.81. The Bertz CT molecular complexity index is 985. The fourth-order valence-electron chi connectivity index (χ4n) is 3.13. The molecule has 7 nitrogen and oxygen atoms in total. The van der Waals surface area contributed by atoms with Gasteiger partial charge in [-0.25, -0.2) is 13.2 Å².